The molecule has 0 saturated heterocycles. The molecule has 0 radical (unpaired) electrons. The van der Waals surface area contributed by atoms with Gasteiger partial charge in [-0.15, -0.1) is 0 Å². The smallest absolute Gasteiger partial charge is 0.208 e. The van der Waals surface area contributed by atoms with Gasteiger partial charge in [-0.25, -0.2) is 13.1 Å². The van der Waals surface area contributed by atoms with E-state index >= 15 is 0 Å². The number of nitrogens with zero attached hydrogens (tertiary/aromatic N) is 1. The maximum atomic E-state index is 10.8. The highest BCUT2D eigenvalue weighted by atomic mass is 32.2. The Kier molecular flexibility index (Phi) is 8.73. The molecule has 7 nitrogen and oxygen atoms in total. The lowest BCUT2D eigenvalue weighted by molar-refractivity contribution is 0.203. The zero-order valence-electron chi connectivity index (χ0n) is 10.6. The fraction of sp³-hybridized carbons (Fsp3) is 0.889. The molecule has 0 aliphatic heterocycles. The third kappa shape index (κ3) is 11.4. The molecule has 0 saturated carbocycles. The summed E-state index contributed by atoms with van der Waals surface area (Å²) in [5.74, 6) is 0.653. The van der Waals surface area contributed by atoms with Gasteiger partial charge >= 0.3 is 0 Å². The van der Waals surface area contributed by atoms with E-state index in [-0.39, 0.29) is 0 Å². The van der Waals surface area contributed by atoms with Crippen molar-refractivity contribution >= 4 is 16.0 Å². The second-order valence-corrected chi connectivity index (χ2v) is 5.18. The molecular formula is C9H22N4O3S. The van der Waals surface area contributed by atoms with Gasteiger partial charge in [-0.1, -0.05) is 0 Å². The van der Waals surface area contributed by atoms with E-state index in [1.807, 2.05) is 6.92 Å². The van der Waals surface area contributed by atoms with Crippen molar-refractivity contribution in [2.24, 2.45) is 4.99 Å². The fourth-order valence-corrected chi connectivity index (χ4v) is 1.47. The SMILES string of the molecule is CCNC(=NCCNS(C)(=O)=O)NCCOC. The van der Waals surface area contributed by atoms with Gasteiger partial charge in [0.15, 0.2) is 5.96 Å². The molecular weight excluding hydrogens is 244 g/mol. The Morgan fingerprint density at radius 3 is 2.53 bits per heavy atom. The van der Waals surface area contributed by atoms with Crippen molar-refractivity contribution in [3.63, 3.8) is 0 Å². The van der Waals surface area contributed by atoms with Crippen LogP contribution in [0.1, 0.15) is 6.92 Å². The quantitative estimate of drug-likeness (QED) is 0.290. The predicted octanol–water partition coefficient (Wildman–Crippen LogP) is -1.26. The molecule has 0 atom stereocenters. The summed E-state index contributed by atoms with van der Waals surface area (Å²) < 4.78 is 28.9. The first-order valence-corrected chi connectivity index (χ1v) is 7.34. The van der Waals surface area contributed by atoms with Gasteiger partial charge in [0.1, 0.15) is 0 Å². The van der Waals surface area contributed by atoms with Gasteiger partial charge in [-0.05, 0) is 6.92 Å². The van der Waals surface area contributed by atoms with E-state index in [9.17, 15) is 8.42 Å². The van der Waals surface area contributed by atoms with Gasteiger partial charge in [0.05, 0.1) is 19.4 Å². The molecule has 102 valence electrons. The lowest BCUT2D eigenvalue weighted by Gasteiger charge is -2.10. The monoisotopic (exact) mass is 266 g/mol. The molecule has 0 fully saturated rings. The summed E-state index contributed by atoms with van der Waals surface area (Å²) in [6, 6.07) is 0. The molecule has 0 aliphatic rings. The Morgan fingerprint density at radius 1 is 1.29 bits per heavy atom. The number of hydrogen-bond donors (Lipinski definition) is 3. The maximum Gasteiger partial charge on any atom is 0.208 e. The Hall–Kier alpha value is -0.860. The van der Waals surface area contributed by atoms with Gasteiger partial charge in [-0.2, -0.15) is 0 Å². The van der Waals surface area contributed by atoms with Crippen LogP contribution in [0.2, 0.25) is 0 Å². The summed E-state index contributed by atoms with van der Waals surface area (Å²) >= 11 is 0. The molecule has 17 heavy (non-hydrogen) atoms. The lowest BCUT2D eigenvalue weighted by Crippen LogP contribution is -2.39. The van der Waals surface area contributed by atoms with E-state index in [0.29, 0.717) is 32.2 Å². The van der Waals surface area contributed by atoms with Crippen molar-refractivity contribution in [1.82, 2.24) is 15.4 Å². The summed E-state index contributed by atoms with van der Waals surface area (Å²) in [6.45, 7) is 4.63. The zero-order valence-corrected chi connectivity index (χ0v) is 11.4. The van der Waals surface area contributed by atoms with Gasteiger partial charge in [0.2, 0.25) is 10.0 Å². The highest BCUT2D eigenvalue weighted by molar-refractivity contribution is 7.88. The summed E-state index contributed by atoms with van der Waals surface area (Å²) in [5.41, 5.74) is 0. The molecule has 0 spiro atoms. The minimum Gasteiger partial charge on any atom is -0.383 e. The summed E-state index contributed by atoms with van der Waals surface area (Å²) in [4.78, 5) is 4.20. The van der Waals surface area contributed by atoms with Crippen LogP contribution in [-0.2, 0) is 14.8 Å². The third-order valence-electron chi connectivity index (χ3n) is 1.69. The average Bonchev–Trinajstić information content (AvgIpc) is 2.23. The summed E-state index contributed by atoms with van der Waals surface area (Å²) in [7, 11) is -1.51. The molecule has 3 N–H and O–H groups in total. The number of guanidine groups is 1. The minimum absolute atomic E-state index is 0.291. The largest absolute Gasteiger partial charge is 0.383 e. The Bertz CT molecular complexity index is 316. The van der Waals surface area contributed by atoms with Gasteiger partial charge in [-0.3, -0.25) is 4.99 Å². The number of sulfonamides is 1. The molecule has 0 heterocycles. The molecule has 8 heteroatoms. The first-order chi connectivity index (χ1) is 7.99. The van der Waals surface area contributed by atoms with E-state index in [1.165, 1.54) is 0 Å². The zero-order chi connectivity index (χ0) is 13.1. The fourth-order valence-electron chi connectivity index (χ4n) is 1.01. The highest BCUT2D eigenvalue weighted by Gasteiger charge is 1.99. The number of rotatable bonds is 8. The van der Waals surface area contributed by atoms with Crippen molar-refractivity contribution in [2.45, 2.75) is 6.92 Å². The van der Waals surface area contributed by atoms with Crippen molar-refractivity contribution in [3.8, 4) is 0 Å². The number of aliphatic imine (C=N–C) groups is 1. The summed E-state index contributed by atoms with van der Waals surface area (Å²) in [5, 5.41) is 6.10. The van der Waals surface area contributed by atoms with Crippen LogP contribution in [0.3, 0.4) is 0 Å². The summed E-state index contributed by atoms with van der Waals surface area (Å²) in [6.07, 6.45) is 1.12. The van der Waals surface area contributed by atoms with Crippen LogP contribution in [0.5, 0.6) is 0 Å². The van der Waals surface area contributed by atoms with Crippen LogP contribution in [0.15, 0.2) is 4.99 Å². The first kappa shape index (κ1) is 16.1. The molecule has 0 rings (SSSR count). The van der Waals surface area contributed by atoms with Crippen LogP contribution in [0, 0.1) is 0 Å². The number of nitrogens with one attached hydrogen (secondary N) is 3. The van der Waals surface area contributed by atoms with E-state index < -0.39 is 10.0 Å². The van der Waals surface area contributed by atoms with Crippen molar-refractivity contribution in [2.75, 3.05) is 46.2 Å². The molecule has 0 aromatic rings. The highest BCUT2D eigenvalue weighted by Crippen LogP contribution is 1.77. The molecule has 0 aromatic heterocycles. The van der Waals surface area contributed by atoms with Crippen molar-refractivity contribution in [1.29, 1.82) is 0 Å². The number of hydrogen-bond acceptors (Lipinski definition) is 4. The van der Waals surface area contributed by atoms with Crippen LogP contribution in [-0.4, -0.2) is 60.5 Å². The first-order valence-electron chi connectivity index (χ1n) is 5.45. The van der Waals surface area contributed by atoms with Crippen molar-refractivity contribution in [3.05, 3.63) is 0 Å². The molecule has 0 bridgehead atoms. The van der Waals surface area contributed by atoms with Gasteiger partial charge in [0.25, 0.3) is 0 Å². The van der Waals surface area contributed by atoms with Crippen molar-refractivity contribution < 1.29 is 13.2 Å². The van der Waals surface area contributed by atoms with E-state index in [2.05, 4.69) is 20.3 Å². The van der Waals surface area contributed by atoms with E-state index in [4.69, 9.17) is 4.74 Å². The Balaban J connectivity index is 3.93. The number of methoxy groups -OCH3 is 1. The molecule has 0 unspecified atom stereocenters. The second kappa shape index (κ2) is 9.20. The van der Waals surface area contributed by atoms with Crippen LogP contribution in [0.4, 0.5) is 0 Å². The molecule has 0 aliphatic carbocycles. The van der Waals surface area contributed by atoms with Gasteiger partial charge in [0, 0.05) is 26.7 Å². The Labute approximate surface area is 103 Å². The second-order valence-electron chi connectivity index (χ2n) is 3.35. The number of ether oxygens (including phenoxy) is 1. The van der Waals surface area contributed by atoms with E-state index in [0.717, 1.165) is 12.8 Å². The maximum absolute atomic E-state index is 10.8. The topological polar surface area (TPSA) is 91.8 Å². The molecule has 0 amide bonds. The predicted molar refractivity (Wildman–Crippen MR) is 68.7 cm³/mol. The van der Waals surface area contributed by atoms with Gasteiger partial charge < -0.3 is 15.4 Å². The van der Waals surface area contributed by atoms with E-state index in [1.54, 1.807) is 7.11 Å². The third-order valence-corrected chi connectivity index (χ3v) is 2.42. The standard InChI is InChI=1S/C9H22N4O3S/c1-4-10-9(12-7-8-16-2)11-5-6-13-17(3,14)15/h13H,4-8H2,1-3H3,(H2,10,11,12). The van der Waals surface area contributed by atoms with Crippen LogP contribution >= 0.6 is 0 Å². The lowest BCUT2D eigenvalue weighted by atomic mass is 10.6. The Morgan fingerprint density at radius 2 is 2.00 bits per heavy atom. The van der Waals surface area contributed by atoms with Crippen LogP contribution < -0.4 is 15.4 Å². The molecule has 0 aromatic carbocycles. The minimum atomic E-state index is -3.14. The normalized spacial score (nSPS) is 12.5. The van der Waals surface area contributed by atoms with Crippen LogP contribution in [0.25, 0.3) is 0 Å². The average molecular weight is 266 g/mol.